The van der Waals surface area contributed by atoms with Crippen LogP contribution < -0.4 is 20.1 Å². The molecule has 10 heteroatoms. The molecule has 0 atom stereocenters. The molecule has 0 aliphatic rings. The molecule has 2 amide bonds. The number of pyridine rings is 1. The highest BCUT2D eigenvalue weighted by Gasteiger charge is 2.22. The van der Waals surface area contributed by atoms with Gasteiger partial charge < -0.3 is 30.2 Å². The Bertz CT molecular complexity index is 842. The van der Waals surface area contributed by atoms with Crippen molar-refractivity contribution < 1.29 is 24.0 Å². The van der Waals surface area contributed by atoms with Gasteiger partial charge in [0.2, 0.25) is 11.7 Å². The van der Waals surface area contributed by atoms with E-state index in [0.717, 1.165) is 0 Å². The molecule has 142 valence electrons. The first-order chi connectivity index (χ1) is 12.9. The van der Waals surface area contributed by atoms with Crippen LogP contribution in [-0.2, 0) is 9.59 Å². The van der Waals surface area contributed by atoms with Crippen molar-refractivity contribution in [3.8, 4) is 11.5 Å². The van der Waals surface area contributed by atoms with E-state index >= 15 is 0 Å². The number of carbonyl (C=O) groups is 2. The molecule has 1 heterocycles. The highest BCUT2D eigenvalue weighted by molar-refractivity contribution is 5.96. The van der Waals surface area contributed by atoms with Crippen molar-refractivity contribution in [2.24, 2.45) is 5.73 Å². The largest absolute Gasteiger partial charge is 0.495 e. The van der Waals surface area contributed by atoms with Gasteiger partial charge in [0.05, 0.1) is 12.8 Å². The van der Waals surface area contributed by atoms with Gasteiger partial charge in [0.15, 0.2) is 6.61 Å². The highest BCUT2D eigenvalue weighted by Crippen LogP contribution is 2.28. The molecule has 2 N–H and O–H groups in total. The van der Waals surface area contributed by atoms with E-state index in [-0.39, 0.29) is 18.7 Å². The van der Waals surface area contributed by atoms with Gasteiger partial charge in [0.25, 0.3) is 5.91 Å². The third kappa shape index (κ3) is 5.14. The predicted molar refractivity (Wildman–Crippen MR) is 95.5 cm³/mol. The van der Waals surface area contributed by atoms with Crippen LogP contribution in [0.4, 0.5) is 11.5 Å². The number of hydrogen-bond donors (Lipinski definition) is 1. The van der Waals surface area contributed by atoms with Crippen molar-refractivity contribution in [1.82, 2.24) is 4.98 Å². The van der Waals surface area contributed by atoms with Crippen LogP contribution in [0.5, 0.6) is 11.5 Å². The Kier molecular flexibility index (Phi) is 6.64. The monoisotopic (exact) mass is 374 g/mol. The molecule has 2 aromatic rings. The van der Waals surface area contributed by atoms with Crippen LogP contribution in [0.2, 0.25) is 0 Å². The first kappa shape index (κ1) is 19.6. The summed E-state index contributed by atoms with van der Waals surface area (Å²) in [5.74, 6) is -1.31. The summed E-state index contributed by atoms with van der Waals surface area (Å²) in [5, 5.41) is 11.0. The molecular formula is C17H18N4O6. The van der Waals surface area contributed by atoms with Crippen molar-refractivity contribution in [2.45, 2.75) is 6.42 Å². The Morgan fingerprint density at radius 2 is 1.93 bits per heavy atom. The third-order valence-electron chi connectivity index (χ3n) is 3.53. The molecule has 0 aliphatic carbocycles. The molecular weight excluding hydrogens is 356 g/mol. The molecule has 0 aliphatic heterocycles. The van der Waals surface area contributed by atoms with Crippen molar-refractivity contribution in [2.75, 3.05) is 25.2 Å². The minimum absolute atomic E-state index is 0.00698. The van der Waals surface area contributed by atoms with Gasteiger partial charge in [-0.1, -0.05) is 12.1 Å². The van der Waals surface area contributed by atoms with Gasteiger partial charge >= 0.3 is 5.82 Å². The zero-order valence-electron chi connectivity index (χ0n) is 14.5. The number of nitrogens with two attached hydrogens (primary N) is 1. The predicted octanol–water partition coefficient (Wildman–Crippen LogP) is 1.29. The molecule has 0 bridgehead atoms. The molecule has 2 rings (SSSR count). The van der Waals surface area contributed by atoms with Crippen LogP contribution in [0, 0.1) is 10.1 Å². The number of amides is 2. The van der Waals surface area contributed by atoms with Crippen molar-refractivity contribution in [1.29, 1.82) is 0 Å². The Balaban J connectivity index is 2.21. The maximum Gasteiger partial charge on any atom is 0.406 e. The second-order valence-electron chi connectivity index (χ2n) is 5.30. The lowest BCUT2D eigenvalue weighted by Crippen LogP contribution is -2.37. The number of aromatic nitrogens is 1. The number of ether oxygens (including phenoxy) is 2. The zero-order valence-corrected chi connectivity index (χ0v) is 14.5. The van der Waals surface area contributed by atoms with E-state index in [1.54, 1.807) is 24.3 Å². The fraction of sp³-hybridized carbons (Fsp3) is 0.235. The minimum atomic E-state index is -0.703. The molecule has 27 heavy (non-hydrogen) atoms. The Morgan fingerprint density at radius 1 is 1.22 bits per heavy atom. The molecule has 0 radical (unpaired) electrons. The zero-order chi connectivity index (χ0) is 19.8. The number of rotatable bonds is 9. The molecule has 0 saturated carbocycles. The molecule has 10 nitrogen and oxygen atoms in total. The number of primary amides is 1. The molecule has 0 fully saturated rings. The van der Waals surface area contributed by atoms with Crippen molar-refractivity contribution in [3.05, 3.63) is 52.7 Å². The quantitative estimate of drug-likeness (QED) is 0.515. The van der Waals surface area contributed by atoms with Gasteiger partial charge in [-0.2, -0.15) is 0 Å². The molecule has 1 aromatic carbocycles. The fourth-order valence-electron chi connectivity index (χ4n) is 2.30. The summed E-state index contributed by atoms with van der Waals surface area (Å²) in [6.45, 7) is -0.490. The van der Waals surface area contributed by atoms with Crippen LogP contribution in [-0.4, -0.2) is 42.0 Å². The van der Waals surface area contributed by atoms with E-state index in [9.17, 15) is 19.7 Å². The first-order valence-electron chi connectivity index (χ1n) is 7.88. The molecule has 1 aromatic heterocycles. The lowest BCUT2D eigenvalue weighted by atomic mass is 10.2. The van der Waals surface area contributed by atoms with Crippen molar-refractivity contribution >= 4 is 23.3 Å². The second kappa shape index (κ2) is 9.13. The number of methoxy groups -OCH3 is 1. The van der Waals surface area contributed by atoms with Crippen LogP contribution in [0.3, 0.4) is 0 Å². The Morgan fingerprint density at radius 3 is 2.59 bits per heavy atom. The maximum absolute atomic E-state index is 12.7. The van der Waals surface area contributed by atoms with E-state index in [1.807, 2.05) is 0 Å². The number of benzene rings is 1. The molecule has 0 unspecified atom stereocenters. The van der Waals surface area contributed by atoms with E-state index in [1.165, 1.54) is 30.3 Å². The van der Waals surface area contributed by atoms with Gasteiger partial charge in [-0.25, -0.2) is 0 Å². The van der Waals surface area contributed by atoms with Crippen LogP contribution in [0.15, 0.2) is 42.6 Å². The van der Waals surface area contributed by atoms with E-state index in [4.69, 9.17) is 15.2 Å². The second-order valence-corrected chi connectivity index (χ2v) is 5.30. The standard InChI is InChI=1S/C17H18N4O6/c1-26-13-6-3-2-5-12(13)20(10-8-15(18)22)16(23)11-27-14-7-4-9-19-17(14)21(24)25/h2-7,9H,8,10-11H2,1H3,(H2,18,22). The SMILES string of the molecule is COc1ccccc1N(CCC(N)=O)C(=O)COc1cccnc1[N+](=O)[O-]. The minimum Gasteiger partial charge on any atom is -0.495 e. The number of hydrogen-bond acceptors (Lipinski definition) is 7. The normalized spacial score (nSPS) is 10.1. The number of carbonyl (C=O) groups excluding carboxylic acids is 2. The number of nitrogens with zero attached hydrogens (tertiary/aromatic N) is 3. The average Bonchev–Trinajstić information content (AvgIpc) is 2.66. The summed E-state index contributed by atoms with van der Waals surface area (Å²) in [6.07, 6.45) is 1.18. The average molecular weight is 374 g/mol. The van der Waals surface area contributed by atoms with E-state index in [2.05, 4.69) is 4.98 Å². The van der Waals surface area contributed by atoms with E-state index < -0.39 is 29.2 Å². The fourth-order valence-corrected chi connectivity index (χ4v) is 2.30. The smallest absolute Gasteiger partial charge is 0.406 e. The molecule has 0 spiro atoms. The van der Waals surface area contributed by atoms with E-state index in [0.29, 0.717) is 11.4 Å². The Labute approximate surface area is 154 Å². The molecule has 0 saturated heterocycles. The number of anilines is 1. The summed E-state index contributed by atoms with van der Waals surface area (Å²) in [5.41, 5.74) is 5.61. The van der Waals surface area contributed by atoms with Crippen LogP contribution in [0.25, 0.3) is 0 Å². The maximum atomic E-state index is 12.7. The van der Waals surface area contributed by atoms with Crippen LogP contribution >= 0.6 is 0 Å². The van der Waals surface area contributed by atoms with Crippen LogP contribution in [0.1, 0.15) is 6.42 Å². The summed E-state index contributed by atoms with van der Waals surface area (Å²) in [7, 11) is 1.45. The van der Waals surface area contributed by atoms with Gasteiger partial charge in [0, 0.05) is 13.0 Å². The first-order valence-corrected chi connectivity index (χ1v) is 7.88. The number of para-hydroxylation sites is 2. The Hall–Kier alpha value is -3.69. The van der Waals surface area contributed by atoms with Gasteiger partial charge in [-0.15, -0.1) is 0 Å². The van der Waals surface area contributed by atoms with Crippen molar-refractivity contribution in [3.63, 3.8) is 0 Å². The lowest BCUT2D eigenvalue weighted by molar-refractivity contribution is -0.390. The summed E-state index contributed by atoms with van der Waals surface area (Å²) in [6, 6.07) is 9.54. The topological polar surface area (TPSA) is 138 Å². The lowest BCUT2D eigenvalue weighted by Gasteiger charge is -2.24. The third-order valence-corrected chi connectivity index (χ3v) is 3.53. The summed E-state index contributed by atoms with van der Waals surface area (Å²) < 4.78 is 10.5. The van der Waals surface area contributed by atoms with Gasteiger partial charge in [0.1, 0.15) is 11.9 Å². The van der Waals surface area contributed by atoms with Gasteiger partial charge in [-0.3, -0.25) is 9.59 Å². The van der Waals surface area contributed by atoms with Gasteiger partial charge in [-0.05, 0) is 34.2 Å². The summed E-state index contributed by atoms with van der Waals surface area (Å²) in [4.78, 5) is 39.0. The highest BCUT2D eigenvalue weighted by atomic mass is 16.6. The number of nitro groups is 1. The summed E-state index contributed by atoms with van der Waals surface area (Å²) >= 11 is 0.